The maximum absolute atomic E-state index is 12.2. The largest absolute Gasteiger partial charge is 0.461 e. The minimum Gasteiger partial charge on any atom is -0.461 e. The third kappa shape index (κ3) is 1.74. The molecule has 1 aromatic carbocycles. The summed E-state index contributed by atoms with van der Waals surface area (Å²) in [5.74, 6) is -1.31. The fourth-order valence-electron chi connectivity index (χ4n) is 2.02. The molecule has 92 valence electrons. The predicted molar refractivity (Wildman–Crippen MR) is 66.2 cm³/mol. The molecule has 1 aromatic heterocycles. The summed E-state index contributed by atoms with van der Waals surface area (Å²) in [6, 6.07) is 9.46. The Labute approximate surface area is 108 Å². The van der Waals surface area contributed by atoms with Crippen LogP contribution in [-0.4, -0.2) is 17.3 Å². The third-order valence-electron chi connectivity index (χ3n) is 2.95. The first kappa shape index (κ1) is 11.3. The number of hydrogen-bond donors (Lipinski definition) is 0. The smallest absolute Gasteiger partial charge is 0.232 e. The molecule has 0 amide bonds. The molecular weight excluding hydrogens is 244 g/mol. The van der Waals surface area contributed by atoms with E-state index in [0.29, 0.717) is 5.56 Å². The molecule has 1 aliphatic carbocycles. The summed E-state index contributed by atoms with van der Waals surface area (Å²) in [6.07, 6.45) is 2.42. The molecule has 0 bridgehead atoms. The Morgan fingerprint density at radius 3 is 2.37 bits per heavy atom. The van der Waals surface area contributed by atoms with Crippen LogP contribution in [0, 0.1) is 0 Å². The van der Waals surface area contributed by atoms with Crippen molar-refractivity contribution in [3.05, 3.63) is 71.2 Å². The van der Waals surface area contributed by atoms with Gasteiger partial charge in [-0.2, -0.15) is 0 Å². The number of furan rings is 1. The van der Waals surface area contributed by atoms with Crippen LogP contribution in [0.4, 0.5) is 0 Å². The molecule has 0 spiro atoms. The Kier molecular flexibility index (Phi) is 2.49. The lowest BCUT2D eigenvalue weighted by Crippen LogP contribution is -2.21. The highest BCUT2D eigenvalue weighted by Crippen LogP contribution is 2.23. The lowest BCUT2D eigenvalue weighted by molar-refractivity contribution is 0.0923. The molecule has 0 unspecified atom stereocenters. The molecule has 0 saturated heterocycles. The summed E-state index contributed by atoms with van der Waals surface area (Å²) >= 11 is 0. The van der Waals surface area contributed by atoms with E-state index in [9.17, 15) is 14.4 Å². The van der Waals surface area contributed by atoms with Crippen LogP contribution < -0.4 is 0 Å². The van der Waals surface area contributed by atoms with E-state index in [1.54, 1.807) is 24.3 Å². The van der Waals surface area contributed by atoms with Crippen molar-refractivity contribution in [1.82, 2.24) is 0 Å². The summed E-state index contributed by atoms with van der Waals surface area (Å²) in [6.45, 7) is 0. The van der Waals surface area contributed by atoms with Gasteiger partial charge in [0.05, 0.1) is 11.8 Å². The predicted octanol–water partition coefficient (Wildman–Crippen LogP) is 2.47. The van der Waals surface area contributed by atoms with Crippen LogP contribution in [-0.2, 0) is 0 Å². The van der Waals surface area contributed by atoms with E-state index in [2.05, 4.69) is 0 Å². The molecule has 0 N–H and O–H groups in total. The van der Waals surface area contributed by atoms with Gasteiger partial charge in [0.1, 0.15) is 0 Å². The lowest BCUT2D eigenvalue weighted by Gasteiger charge is -2.12. The molecule has 4 heteroatoms. The molecule has 2 aromatic rings. The van der Waals surface area contributed by atoms with Crippen LogP contribution in [0.2, 0.25) is 0 Å². The Morgan fingerprint density at radius 2 is 1.68 bits per heavy atom. The van der Waals surface area contributed by atoms with Gasteiger partial charge in [-0.3, -0.25) is 14.4 Å². The van der Waals surface area contributed by atoms with Crippen molar-refractivity contribution < 1.29 is 18.8 Å². The second-order valence-corrected chi connectivity index (χ2v) is 4.10. The molecule has 3 rings (SSSR count). The summed E-state index contributed by atoms with van der Waals surface area (Å²) in [4.78, 5) is 36.2. The minimum absolute atomic E-state index is 0.0479. The van der Waals surface area contributed by atoms with E-state index in [1.807, 2.05) is 0 Å². The van der Waals surface area contributed by atoms with Gasteiger partial charge in [-0.25, -0.2) is 0 Å². The number of ketones is 3. The Morgan fingerprint density at radius 1 is 0.947 bits per heavy atom. The van der Waals surface area contributed by atoms with Gasteiger partial charge in [0.15, 0.2) is 17.3 Å². The molecular formula is C15H8O4. The van der Waals surface area contributed by atoms with Crippen molar-refractivity contribution in [2.24, 2.45) is 0 Å². The number of carbonyl (C=O) groups excluding carboxylic acids is 3. The fourth-order valence-corrected chi connectivity index (χ4v) is 2.02. The van der Waals surface area contributed by atoms with Crippen LogP contribution in [0.25, 0.3) is 0 Å². The summed E-state index contributed by atoms with van der Waals surface area (Å²) < 4.78 is 4.97. The Balaban J connectivity index is 2.09. The van der Waals surface area contributed by atoms with Crippen LogP contribution in [0.3, 0.4) is 0 Å². The first-order valence-electron chi connectivity index (χ1n) is 5.66. The maximum atomic E-state index is 12.2. The van der Waals surface area contributed by atoms with E-state index in [-0.39, 0.29) is 22.7 Å². The van der Waals surface area contributed by atoms with Crippen LogP contribution >= 0.6 is 0 Å². The van der Waals surface area contributed by atoms with Gasteiger partial charge < -0.3 is 4.42 Å². The number of allylic oxidation sites excluding steroid dienone is 2. The zero-order valence-corrected chi connectivity index (χ0v) is 9.75. The summed E-state index contributed by atoms with van der Waals surface area (Å²) in [7, 11) is 0. The van der Waals surface area contributed by atoms with Crippen molar-refractivity contribution in [2.45, 2.75) is 0 Å². The van der Waals surface area contributed by atoms with E-state index < -0.39 is 11.6 Å². The number of fused-ring (bicyclic) bond motifs is 1. The van der Waals surface area contributed by atoms with E-state index in [4.69, 9.17) is 4.42 Å². The molecule has 19 heavy (non-hydrogen) atoms. The number of benzene rings is 1. The quantitative estimate of drug-likeness (QED) is 0.608. The van der Waals surface area contributed by atoms with Gasteiger partial charge in [-0.15, -0.1) is 0 Å². The normalized spacial score (nSPS) is 14.0. The van der Waals surface area contributed by atoms with E-state index in [1.165, 1.54) is 18.4 Å². The molecule has 0 saturated carbocycles. The SMILES string of the molecule is O=C(C1=CC(=O)c2ccccc2C1=O)c1ccco1. The molecule has 0 atom stereocenters. The first-order chi connectivity index (χ1) is 9.18. The van der Waals surface area contributed by atoms with Gasteiger partial charge in [-0.05, 0) is 12.1 Å². The molecule has 0 aliphatic heterocycles. The molecule has 0 radical (unpaired) electrons. The molecule has 1 heterocycles. The zero-order chi connectivity index (χ0) is 13.4. The highest BCUT2D eigenvalue weighted by molar-refractivity contribution is 6.37. The third-order valence-corrected chi connectivity index (χ3v) is 2.95. The van der Waals surface area contributed by atoms with Crippen molar-refractivity contribution in [1.29, 1.82) is 0 Å². The highest BCUT2D eigenvalue weighted by Gasteiger charge is 2.30. The van der Waals surface area contributed by atoms with Crippen molar-refractivity contribution in [3.63, 3.8) is 0 Å². The zero-order valence-electron chi connectivity index (χ0n) is 9.75. The Bertz CT molecular complexity index is 720. The number of carbonyl (C=O) groups is 3. The average Bonchev–Trinajstić information content (AvgIpc) is 2.96. The topological polar surface area (TPSA) is 64.3 Å². The monoisotopic (exact) mass is 252 g/mol. The van der Waals surface area contributed by atoms with Crippen LogP contribution in [0.15, 0.2) is 58.7 Å². The number of Topliss-reactive ketones (excluding diaryl/α,β-unsaturated/α-hetero) is 2. The number of hydrogen-bond acceptors (Lipinski definition) is 4. The average molecular weight is 252 g/mol. The lowest BCUT2D eigenvalue weighted by atomic mass is 9.87. The summed E-state index contributed by atoms with van der Waals surface area (Å²) in [5, 5.41) is 0. The van der Waals surface area contributed by atoms with E-state index >= 15 is 0 Å². The maximum Gasteiger partial charge on any atom is 0.232 e. The van der Waals surface area contributed by atoms with Gasteiger partial charge in [0.25, 0.3) is 0 Å². The second-order valence-electron chi connectivity index (χ2n) is 4.10. The van der Waals surface area contributed by atoms with Crippen molar-refractivity contribution in [3.8, 4) is 0 Å². The second kappa shape index (κ2) is 4.17. The van der Waals surface area contributed by atoms with Crippen molar-refractivity contribution >= 4 is 17.3 Å². The summed E-state index contributed by atoms with van der Waals surface area (Å²) in [5.41, 5.74) is 0.423. The van der Waals surface area contributed by atoms with Gasteiger partial charge in [0, 0.05) is 17.2 Å². The van der Waals surface area contributed by atoms with Crippen LogP contribution in [0.5, 0.6) is 0 Å². The van der Waals surface area contributed by atoms with Gasteiger partial charge >= 0.3 is 0 Å². The van der Waals surface area contributed by atoms with Crippen molar-refractivity contribution in [2.75, 3.05) is 0 Å². The molecule has 4 nitrogen and oxygen atoms in total. The highest BCUT2D eigenvalue weighted by atomic mass is 16.3. The molecule has 0 fully saturated rings. The minimum atomic E-state index is -0.571. The molecule has 1 aliphatic rings. The fraction of sp³-hybridized carbons (Fsp3) is 0. The van der Waals surface area contributed by atoms with E-state index in [0.717, 1.165) is 6.08 Å². The van der Waals surface area contributed by atoms with Crippen LogP contribution in [0.1, 0.15) is 31.3 Å². The number of rotatable bonds is 2. The Hall–Kier alpha value is -2.75. The standard InChI is InChI=1S/C15H8O4/c16-12-8-11(15(18)13-6-3-7-19-13)14(17)10-5-2-1-4-9(10)12/h1-8H. The first-order valence-corrected chi connectivity index (χ1v) is 5.66. The van der Waals surface area contributed by atoms with Gasteiger partial charge in [0.2, 0.25) is 5.78 Å². The van der Waals surface area contributed by atoms with Gasteiger partial charge in [-0.1, -0.05) is 24.3 Å².